The third-order valence-corrected chi connectivity index (χ3v) is 3.77. The highest BCUT2D eigenvalue weighted by molar-refractivity contribution is 5.78. The quantitative estimate of drug-likeness (QED) is 0.909. The van der Waals surface area contributed by atoms with Gasteiger partial charge in [-0.25, -0.2) is 4.98 Å². The van der Waals surface area contributed by atoms with Crippen molar-refractivity contribution in [2.45, 2.75) is 12.5 Å². The van der Waals surface area contributed by atoms with Crippen molar-refractivity contribution in [3.63, 3.8) is 0 Å². The van der Waals surface area contributed by atoms with Crippen molar-refractivity contribution in [2.75, 3.05) is 26.7 Å². The normalized spacial score (nSPS) is 20.2. The second-order valence-corrected chi connectivity index (χ2v) is 5.12. The van der Waals surface area contributed by atoms with Crippen LogP contribution in [0.2, 0.25) is 0 Å². The van der Waals surface area contributed by atoms with Crippen LogP contribution in [0.25, 0.3) is 0 Å². The summed E-state index contributed by atoms with van der Waals surface area (Å²) in [4.78, 5) is 23.9. The van der Waals surface area contributed by atoms with Gasteiger partial charge < -0.3 is 14.3 Å². The topological polar surface area (TPSA) is 65.4 Å². The molecular weight excluding hydrogens is 256 g/mol. The lowest BCUT2D eigenvalue weighted by Gasteiger charge is -2.38. The summed E-state index contributed by atoms with van der Waals surface area (Å²) >= 11 is 0. The van der Waals surface area contributed by atoms with Gasteiger partial charge in [0, 0.05) is 32.0 Å². The highest BCUT2D eigenvalue weighted by Gasteiger charge is 2.29. The fourth-order valence-corrected chi connectivity index (χ4v) is 2.53. The fraction of sp³-hybridized carbons (Fsp3) is 0.429. The Labute approximate surface area is 117 Å². The van der Waals surface area contributed by atoms with E-state index >= 15 is 0 Å². The predicted molar refractivity (Wildman–Crippen MR) is 73.0 cm³/mol. The van der Waals surface area contributed by atoms with Gasteiger partial charge in [0.25, 0.3) is 0 Å². The first-order valence-corrected chi connectivity index (χ1v) is 6.72. The van der Waals surface area contributed by atoms with E-state index in [2.05, 4.69) is 21.9 Å². The molecule has 0 aliphatic carbocycles. The lowest BCUT2D eigenvalue weighted by molar-refractivity contribution is -0.133. The van der Waals surface area contributed by atoms with Gasteiger partial charge in [-0.3, -0.25) is 9.69 Å². The fourth-order valence-electron chi connectivity index (χ4n) is 2.53. The molecule has 1 aliphatic rings. The molecule has 1 fully saturated rings. The molecule has 1 amide bonds. The number of aromatic nitrogens is 2. The molecule has 6 heteroatoms. The summed E-state index contributed by atoms with van der Waals surface area (Å²) in [5.41, 5.74) is 0.920. The molecule has 3 heterocycles. The number of piperazine rings is 1. The Kier molecular flexibility index (Phi) is 3.56. The summed E-state index contributed by atoms with van der Waals surface area (Å²) in [6, 6.07) is 1.96. The van der Waals surface area contributed by atoms with Crippen LogP contribution in [0.5, 0.6) is 0 Å². The monoisotopic (exact) mass is 274 g/mol. The van der Waals surface area contributed by atoms with E-state index in [1.54, 1.807) is 18.7 Å². The molecule has 3 rings (SSSR count). The smallest absolute Gasteiger partial charge is 0.227 e. The lowest BCUT2D eigenvalue weighted by Crippen LogP contribution is -2.49. The van der Waals surface area contributed by atoms with Crippen molar-refractivity contribution in [3.05, 3.63) is 42.4 Å². The first-order chi connectivity index (χ1) is 9.74. The van der Waals surface area contributed by atoms with Crippen LogP contribution in [-0.2, 0) is 11.2 Å². The number of hydrogen-bond acceptors (Lipinski definition) is 4. The van der Waals surface area contributed by atoms with Crippen molar-refractivity contribution in [1.82, 2.24) is 19.8 Å². The van der Waals surface area contributed by atoms with Gasteiger partial charge in [0.1, 0.15) is 5.82 Å². The molecule has 0 saturated carbocycles. The van der Waals surface area contributed by atoms with Gasteiger partial charge in [-0.1, -0.05) is 0 Å². The van der Waals surface area contributed by atoms with Gasteiger partial charge in [0.15, 0.2) is 0 Å². The summed E-state index contributed by atoms with van der Waals surface area (Å²) in [5.74, 6) is 1.05. The maximum Gasteiger partial charge on any atom is 0.227 e. The van der Waals surface area contributed by atoms with Crippen LogP contribution < -0.4 is 0 Å². The van der Waals surface area contributed by atoms with E-state index in [-0.39, 0.29) is 11.9 Å². The summed E-state index contributed by atoms with van der Waals surface area (Å²) in [7, 11) is 2.06. The van der Waals surface area contributed by atoms with Gasteiger partial charge >= 0.3 is 0 Å². The Morgan fingerprint density at radius 2 is 2.45 bits per heavy atom. The summed E-state index contributed by atoms with van der Waals surface area (Å²) < 4.78 is 5.01. The summed E-state index contributed by atoms with van der Waals surface area (Å²) in [6.07, 6.45) is 7.17. The van der Waals surface area contributed by atoms with E-state index < -0.39 is 0 Å². The maximum atomic E-state index is 12.3. The van der Waals surface area contributed by atoms with Crippen molar-refractivity contribution < 1.29 is 9.21 Å². The number of nitrogens with one attached hydrogen (secondary N) is 1. The average molecular weight is 274 g/mol. The number of rotatable bonds is 3. The SMILES string of the molecule is CN1CCN(C(=O)Cc2ccoc2)C[C@H]1c1ncc[nH]1. The van der Waals surface area contributed by atoms with Gasteiger partial charge in [-0.05, 0) is 18.7 Å². The van der Waals surface area contributed by atoms with E-state index in [4.69, 9.17) is 4.42 Å². The Morgan fingerprint density at radius 1 is 1.55 bits per heavy atom. The highest BCUT2D eigenvalue weighted by atomic mass is 16.3. The summed E-state index contributed by atoms with van der Waals surface area (Å²) in [5, 5.41) is 0. The average Bonchev–Trinajstić information content (AvgIpc) is 3.11. The molecule has 0 radical (unpaired) electrons. The minimum absolute atomic E-state index is 0.132. The van der Waals surface area contributed by atoms with Gasteiger partial charge in [0.05, 0.1) is 25.0 Å². The van der Waals surface area contributed by atoms with Gasteiger partial charge in [-0.2, -0.15) is 0 Å². The third kappa shape index (κ3) is 2.60. The molecule has 0 aromatic carbocycles. The van der Waals surface area contributed by atoms with Crippen LogP contribution in [0.4, 0.5) is 0 Å². The van der Waals surface area contributed by atoms with Crippen LogP contribution in [0.3, 0.4) is 0 Å². The second-order valence-electron chi connectivity index (χ2n) is 5.12. The largest absolute Gasteiger partial charge is 0.472 e. The zero-order valence-corrected chi connectivity index (χ0v) is 11.5. The number of aromatic amines is 1. The molecule has 1 saturated heterocycles. The number of imidazole rings is 1. The molecular formula is C14H18N4O2. The van der Waals surface area contributed by atoms with E-state index in [0.717, 1.165) is 24.5 Å². The van der Waals surface area contributed by atoms with E-state index in [1.807, 2.05) is 17.2 Å². The Morgan fingerprint density at radius 3 is 3.15 bits per heavy atom. The van der Waals surface area contributed by atoms with E-state index in [1.165, 1.54) is 0 Å². The standard InChI is InChI=1S/C14H18N4O2/c1-17-5-6-18(9-12(17)14-15-3-4-16-14)13(19)8-11-2-7-20-10-11/h2-4,7,10,12H,5-6,8-9H2,1H3,(H,15,16)/t12-/m0/s1. The lowest BCUT2D eigenvalue weighted by atomic mass is 10.1. The molecule has 1 N–H and O–H groups in total. The molecule has 0 spiro atoms. The molecule has 106 valence electrons. The second kappa shape index (κ2) is 5.50. The number of amides is 1. The number of hydrogen-bond donors (Lipinski definition) is 1. The zero-order chi connectivity index (χ0) is 13.9. The molecule has 0 bridgehead atoms. The zero-order valence-electron chi connectivity index (χ0n) is 11.5. The highest BCUT2D eigenvalue weighted by Crippen LogP contribution is 2.21. The van der Waals surface area contributed by atoms with E-state index in [0.29, 0.717) is 13.0 Å². The molecule has 2 aromatic heterocycles. The van der Waals surface area contributed by atoms with Crippen molar-refractivity contribution in [2.24, 2.45) is 0 Å². The minimum Gasteiger partial charge on any atom is -0.472 e. The number of H-pyrrole nitrogens is 1. The Balaban J connectivity index is 1.67. The predicted octanol–water partition coefficient (Wildman–Crippen LogP) is 1.06. The third-order valence-electron chi connectivity index (χ3n) is 3.77. The molecule has 20 heavy (non-hydrogen) atoms. The number of nitrogens with zero attached hydrogens (tertiary/aromatic N) is 3. The Hall–Kier alpha value is -2.08. The van der Waals surface area contributed by atoms with Gasteiger partial charge in [-0.15, -0.1) is 0 Å². The molecule has 1 atom stereocenters. The summed E-state index contributed by atoms with van der Waals surface area (Å²) in [6.45, 7) is 2.27. The van der Waals surface area contributed by atoms with Crippen LogP contribution in [-0.4, -0.2) is 52.4 Å². The first-order valence-electron chi connectivity index (χ1n) is 6.72. The molecule has 2 aromatic rings. The van der Waals surface area contributed by atoms with Crippen molar-refractivity contribution in [3.8, 4) is 0 Å². The number of furan rings is 1. The van der Waals surface area contributed by atoms with Gasteiger partial charge in [0.2, 0.25) is 5.91 Å². The van der Waals surface area contributed by atoms with Crippen LogP contribution in [0.15, 0.2) is 35.4 Å². The maximum absolute atomic E-state index is 12.3. The Bertz CT molecular complexity index is 550. The minimum atomic E-state index is 0.132. The number of carbonyl (C=O) groups is 1. The van der Waals surface area contributed by atoms with Crippen LogP contribution in [0, 0.1) is 0 Å². The van der Waals surface area contributed by atoms with Crippen LogP contribution >= 0.6 is 0 Å². The van der Waals surface area contributed by atoms with Crippen LogP contribution in [0.1, 0.15) is 17.4 Å². The molecule has 6 nitrogen and oxygen atoms in total. The first kappa shape index (κ1) is 12.9. The molecule has 1 aliphatic heterocycles. The number of carbonyl (C=O) groups excluding carboxylic acids is 1. The van der Waals surface area contributed by atoms with Crippen molar-refractivity contribution >= 4 is 5.91 Å². The number of likely N-dealkylation sites (N-methyl/N-ethyl adjacent to an activating group) is 1. The molecule has 0 unspecified atom stereocenters. The van der Waals surface area contributed by atoms with Crippen molar-refractivity contribution in [1.29, 1.82) is 0 Å². The van der Waals surface area contributed by atoms with E-state index in [9.17, 15) is 4.79 Å².